The number of fused-ring (bicyclic) bond motifs is 1. The maximum Gasteiger partial charge on any atom is 0.349 e. The summed E-state index contributed by atoms with van der Waals surface area (Å²) < 4.78 is 6.51. The Balaban J connectivity index is 2.33. The normalized spacial score (nSPS) is 12.2. The van der Waals surface area contributed by atoms with Gasteiger partial charge in [0.2, 0.25) is 0 Å². The van der Waals surface area contributed by atoms with Crippen molar-refractivity contribution in [3.05, 3.63) is 27.1 Å². The van der Waals surface area contributed by atoms with Gasteiger partial charge in [0.05, 0.1) is 11.7 Å². The number of hydrogen-bond donors (Lipinski definition) is 1. The lowest BCUT2D eigenvalue weighted by Crippen LogP contribution is -2.35. The Kier molecular flexibility index (Phi) is 4.60. The summed E-state index contributed by atoms with van der Waals surface area (Å²) in [7, 11) is 1.60. The van der Waals surface area contributed by atoms with Crippen LogP contribution in [-0.2, 0) is 16.6 Å². The molecule has 2 rings (SSSR count). The number of nitrogens with zero attached hydrogens (tertiary/aromatic N) is 2. The summed E-state index contributed by atoms with van der Waals surface area (Å²) in [6.07, 6.45) is 0.514. The first-order valence-electron chi connectivity index (χ1n) is 6.80. The van der Waals surface area contributed by atoms with Gasteiger partial charge < -0.3 is 14.6 Å². The lowest BCUT2D eigenvalue weighted by atomic mass is 10.2. The minimum absolute atomic E-state index is 0.213. The molecule has 0 aliphatic carbocycles. The van der Waals surface area contributed by atoms with E-state index in [4.69, 9.17) is 4.74 Å². The van der Waals surface area contributed by atoms with Crippen LogP contribution >= 0.6 is 11.3 Å². The smallest absolute Gasteiger partial charge is 0.349 e. The van der Waals surface area contributed by atoms with Crippen molar-refractivity contribution < 1.29 is 14.3 Å². The third kappa shape index (κ3) is 2.87. The van der Waals surface area contributed by atoms with Gasteiger partial charge in [0, 0.05) is 13.6 Å². The number of thiophene rings is 1. The number of amides is 1. The molecule has 8 heteroatoms. The number of hydrogen-bond acceptors (Lipinski definition) is 6. The van der Waals surface area contributed by atoms with Crippen molar-refractivity contribution in [3.8, 4) is 0 Å². The minimum atomic E-state index is -0.896. The van der Waals surface area contributed by atoms with E-state index in [1.165, 1.54) is 17.8 Å². The number of nitrogens with one attached hydrogen (secondary N) is 1. The van der Waals surface area contributed by atoms with Crippen molar-refractivity contribution in [2.24, 2.45) is 7.05 Å². The molecule has 2 aromatic heterocycles. The van der Waals surface area contributed by atoms with Gasteiger partial charge in [-0.1, -0.05) is 0 Å². The molecule has 7 nitrogen and oxygen atoms in total. The standard InChI is InChI=1S/C14H17N3O4S/c1-5-15-11(18)8(3)21-14(20)10-7(2)9-12(22-10)16-6-17(4)13(9)19/h6,8H,5H2,1-4H3,(H,15,18). The number of aryl methyl sites for hydroxylation is 2. The highest BCUT2D eigenvalue weighted by Gasteiger charge is 2.23. The van der Waals surface area contributed by atoms with Crippen LogP contribution < -0.4 is 10.9 Å². The number of ether oxygens (including phenoxy) is 1. The van der Waals surface area contributed by atoms with Gasteiger partial charge in [-0.15, -0.1) is 11.3 Å². The van der Waals surface area contributed by atoms with Gasteiger partial charge in [-0.05, 0) is 26.3 Å². The molecule has 1 unspecified atom stereocenters. The predicted molar refractivity (Wildman–Crippen MR) is 83.2 cm³/mol. The fraction of sp³-hybridized carbons (Fsp3) is 0.429. The highest BCUT2D eigenvalue weighted by molar-refractivity contribution is 7.20. The van der Waals surface area contributed by atoms with E-state index in [9.17, 15) is 14.4 Å². The highest BCUT2D eigenvalue weighted by atomic mass is 32.1. The average molecular weight is 323 g/mol. The molecule has 0 saturated carbocycles. The lowest BCUT2D eigenvalue weighted by molar-refractivity contribution is -0.128. The first-order valence-corrected chi connectivity index (χ1v) is 7.61. The zero-order valence-corrected chi connectivity index (χ0v) is 13.6. The summed E-state index contributed by atoms with van der Waals surface area (Å²) in [5.41, 5.74) is 0.316. The van der Waals surface area contributed by atoms with Gasteiger partial charge in [-0.25, -0.2) is 9.78 Å². The Labute approximate surface area is 130 Å². The molecule has 1 atom stereocenters. The van der Waals surface area contributed by atoms with E-state index in [0.717, 1.165) is 11.3 Å². The SMILES string of the molecule is CCNC(=O)C(C)OC(=O)c1sc2ncn(C)c(=O)c2c1C. The molecule has 0 saturated heterocycles. The van der Waals surface area contributed by atoms with Crippen LogP contribution in [0.5, 0.6) is 0 Å². The van der Waals surface area contributed by atoms with Crippen LogP contribution in [0.15, 0.2) is 11.1 Å². The van der Waals surface area contributed by atoms with E-state index in [2.05, 4.69) is 10.3 Å². The van der Waals surface area contributed by atoms with Gasteiger partial charge >= 0.3 is 5.97 Å². The Morgan fingerprint density at radius 2 is 2.18 bits per heavy atom. The van der Waals surface area contributed by atoms with Crippen LogP contribution in [0.25, 0.3) is 10.2 Å². The molecular weight excluding hydrogens is 306 g/mol. The summed E-state index contributed by atoms with van der Waals surface area (Å²) in [6.45, 7) is 5.42. The first-order chi connectivity index (χ1) is 10.4. The van der Waals surface area contributed by atoms with Crippen LogP contribution in [0.3, 0.4) is 0 Å². The number of likely N-dealkylation sites (N-methyl/N-ethyl adjacent to an activating group) is 1. The van der Waals surface area contributed by atoms with E-state index in [1.54, 1.807) is 20.9 Å². The van der Waals surface area contributed by atoms with Crippen molar-refractivity contribution >= 4 is 33.4 Å². The Bertz CT molecular complexity index is 793. The largest absolute Gasteiger partial charge is 0.448 e. The maximum atomic E-state index is 12.2. The van der Waals surface area contributed by atoms with Crippen molar-refractivity contribution in [2.75, 3.05) is 6.54 Å². The van der Waals surface area contributed by atoms with Crippen molar-refractivity contribution in [1.82, 2.24) is 14.9 Å². The van der Waals surface area contributed by atoms with Crippen molar-refractivity contribution in [1.29, 1.82) is 0 Å². The minimum Gasteiger partial charge on any atom is -0.448 e. The quantitative estimate of drug-likeness (QED) is 0.847. The summed E-state index contributed by atoms with van der Waals surface area (Å²) >= 11 is 1.09. The van der Waals surface area contributed by atoms with Crippen LogP contribution in [0, 0.1) is 6.92 Å². The molecule has 2 heterocycles. The molecule has 0 aliphatic heterocycles. The molecule has 0 bridgehead atoms. The van der Waals surface area contributed by atoms with Gasteiger partial charge in [0.1, 0.15) is 9.71 Å². The van der Waals surface area contributed by atoms with Crippen LogP contribution in [0.4, 0.5) is 0 Å². The van der Waals surface area contributed by atoms with Gasteiger partial charge in [-0.2, -0.15) is 0 Å². The fourth-order valence-electron chi connectivity index (χ4n) is 1.99. The second kappa shape index (κ2) is 6.27. The molecule has 1 N–H and O–H groups in total. The summed E-state index contributed by atoms with van der Waals surface area (Å²) in [6, 6.07) is 0. The van der Waals surface area contributed by atoms with Crippen LogP contribution in [0.2, 0.25) is 0 Å². The second-order valence-electron chi connectivity index (χ2n) is 4.84. The summed E-state index contributed by atoms with van der Waals surface area (Å²) in [5.74, 6) is -0.982. The van der Waals surface area contributed by atoms with Gasteiger partial charge in [-0.3, -0.25) is 9.59 Å². The van der Waals surface area contributed by atoms with Crippen LogP contribution in [0.1, 0.15) is 29.1 Å². The van der Waals surface area contributed by atoms with Crippen LogP contribution in [-0.4, -0.2) is 34.1 Å². The molecule has 2 aromatic rings. The molecule has 0 aliphatic rings. The molecule has 0 spiro atoms. The fourth-order valence-corrected chi connectivity index (χ4v) is 3.01. The van der Waals surface area contributed by atoms with Gasteiger partial charge in [0.25, 0.3) is 11.5 Å². The Morgan fingerprint density at radius 1 is 1.50 bits per heavy atom. The molecule has 22 heavy (non-hydrogen) atoms. The van der Waals surface area contributed by atoms with Crippen molar-refractivity contribution in [3.63, 3.8) is 0 Å². The van der Waals surface area contributed by atoms with E-state index in [0.29, 0.717) is 27.2 Å². The Morgan fingerprint density at radius 3 is 2.82 bits per heavy atom. The molecule has 0 aromatic carbocycles. The third-order valence-corrected chi connectivity index (χ3v) is 4.38. The monoisotopic (exact) mass is 323 g/mol. The van der Waals surface area contributed by atoms with E-state index in [1.807, 2.05) is 0 Å². The van der Waals surface area contributed by atoms with E-state index >= 15 is 0 Å². The van der Waals surface area contributed by atoms with Crippen molar-refractivity contribution in [2.45, 2.75) is 26.9 Å². The second-order valence-corrected chi connectivity index (χ2v) is 5.84. The number of carbonyl (C=O) groups is 2. The van der Waals surface area contributed by atoms with E-state index < -0.39 is 12.1 Å². The molecule has 118 valence electrons. The molecule has 0 radical (unpaired) electrons. The molecule has 1 amide bonds. The number of esters is 1. The predicted octanol–water partition coefficient (Wildman–Crippen LogP) is 0.985. The first kappa shape index (κ1) is 16.2. The molecular formula is C14H17N3O4S. The molecule has 0 fully saturated rings. The number of rotatable bonds is 4. The zero-order chi connectivity index (χ0) is 16.4. The van der Waals surface area contributed by atoms with Gasteiger partial charge in [0.15, 0.2) is 6.10 Å². The topological polar surface area (TPSA) is 90.3 Å². The Hall–Kier alpha value is -2.22. The maximum absolute atomic E-state index is 12.2. The number of aromatic nitrogens is 2. The zero-order valence-electron chi connectivity index (χ0n) is 12.8. The average Bonchev–Trinajstić information content (AvgIpc) is 2.81. The summed E-state index contributed by atoms with van der Waals surface area (Å²) in [4.78, 5) is 40.9. The van der Waals surface area contributed by atoms with E-state index in [-0.39, 0.29) is 11.5 Å². The summed E-state index contributed by atoms with van der Waals surface area (Å²) in [5, 5.41) is 2.99. The third-order valence-electron chi connectivity index (χ3n) is 3.20. The number of carbonyl (C=O) groups excluding carboxylic acids is 2. The highest BCUT2D eigenvalue weighted by Crippen LogP contribution is 2.27. The lowest BCUT2D eigenvalue weighted by Gasteiger charge is -2.12.